The molecular formula is C9H18N2O2. The zero-order chi connectivity index (χ0) is 9.84. The molecule has 0 aromatic rings. The summed E-state index contributed by atoms with van der Waals surface area (Å²) in [6.45, 7) is 5.43. The molecule has 76 valence electrons. The summed E-state index contributed by atoms with van der Waals surface area (Å²) >= 11 is 0. The number of primary amides is 1. The number of likely N-dealkylation sites (tertiary alicyclic amines) is 1. The number of carbonyl (C=O) groups excluding carboxylic acids is 1. The van der Waals surface area contributed by atoms with E-state index in [2.05, 4.69) is 11.8 Å². The fourth-order valence-corrected chi connectivity index (χ4v) is 1.84. The van der Waals surface area contributed by atoms with E-state index in [4.69, 9.17) is 10.5 Å². The van der Waals surface area contributed by atoms with E-state index in [0.717, 1.165) is 26.2 Å². The molecule has 2 N–H and O–H groups in total. The van der Waals surface area contributed by atoms with Gasteiger partial charge in [0.25, 0.3) is 0 Å². The molecule has 4 heteroatoms. The van der Waals surface area contributed by atoms with Gasteiger partial charge in [-0.05, 0) is 5.92 Å². The minimum Gasteiger partial charge on any atom is -0.383 e. The molecule has 2 atom stereocenters. The average Bonchev–Trinajstić information content (AvgIpc) is 2.43. The Bertz CT molecular complexity index is 184. The first-order valence-electron chi connectivity index (χ1n) is 4.65. The Balaban J connectivity index is 2.36. The van der Waals surface area contributed by atoms with Crippen LogP contribution in [-0.2, 0) is 9.53 Å². The lowest BCUT2D eigenvalue weighted by Crippen LogP contribution is -2.30. The van der Waals surface area contributed by atoms with Crippen LogP contribution in [0.25, 0.3) is 0 Å². The maximum Gasteiger partial charge on any atom is 0.222 e. The van der Waals surface area contributed by atoms with Crippen molar-refractivity contribution in [2.24, 2.45) is 17.6 Å². The summed E-state index contributed by atoms with van der Waals surface area (Å²) in [7, 11) is 1.69. The molecule has 0 radical (unpaired) electrons. The third kappa shape index (κ3) is 2.67. The van der Waals surface area contributed by atoms with E-state index in [1.54, 1.807) is 7.11 Å². The van der Waals surface area contributed by atoms with Crippen LogP contribution in [0.3, 0.4) is 0 Å². The molecule has 1 aliphatic heterocycles. The molecule has 0 aliphatic carbocycles. The van der Waals surface area contributed by atoms with E-state index in [9.17, 15) is 4.79 Å². The van der Waals surface area contributed by atoms with Gasteiger partial charge in [0.2, 0.25) is 5.91 Å². The lowest BCUT2D eigenvalue weighted by molar-refractivity contribution is -0.122. The highest BCUT2D eigenvalue weighted by atomic mass is 16.5. The Morgan fingerprint density at radius 1 is 1.62 bits per heavy atom. The largest absolute Gasteiger partial charge is 0.383 e. The first kappa shape index (κ1) is 10.5. The van der Waals surface area contributed by atoms with Crippen molar-refractivity contribution in [3.05, 3.63) is 0 Å². The monoisotopic (exact) mass is 186 g/mol. The van der Waals surface area contributed by atoms with Crippen LogP contribution in [0, 0.1) is 11.8 Å². The van der Waals surface area contributed by atoms with Crippen molar-refractivity contribution in [3.8, 4) is 0 Å². The number of hydrogen-bond donors (Lipinski definition) is 1. The number of carbonyl (C=O) groups is 1. The lowest BCUT2D eigenvalue weighted by atomic mass is 9.98. The Labute approximate surface area is 79.0 Å². The van der Waals surface area contributed by atoms with Crippen molar-refractivity contribution in [1.29, 1.82) is 0 Å². The summed E-state index contributed by atoms with van der Waals surface area (Å²) in [4.78, 5) is 13.2. The van der Waals surface area contributed by atoms with Gasteiger partial charge in [-0.3, -0.25) is 9.69 Å². The van der Waals surface area contributed by atoms with Gasteiger partial charge in [-0.2, -0.15) is 0 Å². The van der Waals surface area contributed by atoms with E-state index in [0.29, 0.717) is 5.92 Å². The van der Waals surface area contributed by atoms with Gasteiger partial charge >= 0.3 is 0 Å². The normalized spacial score (nSPS) is 29.4. The van der Waals surface area contributed by atoms with E-state index in [-0.39, 0.29) is 11.8 Å². The molecule has 1 heterocycles. The third-order valence-corrected chi connectivity index (χ3v) is 2.67. The number of ether oxygens (including phenoxy) is 1. The first-order valence-corrected chi connectivity index (χ1v) is 4.65. The molecule has 4 nitrogen and oxygen atoms in total. The number of amides is 1. The van der Waals surface area contributed by atoms with Crippen molar-refractivity contribution >= 4 is 5.91 Å². The SMILES string of the molecule is COCCN1C[C@H](C(N)=O)[C@@H](C)C1. The van der Waals surface area contributed by atoms with Gasteiger partial charge in [0, 0.05) is 26.7 Å². The highest BCUT2D eigenvalue weighted by Gasteiger charge is 2.32. The van der Waals surface area contributed by atoms with Gasteiger partial charge in [0.05, 0.1) is 12.5 Å². The Kier molecular flexibility index (Phi) is 3.69. The topological polar surface area (TPSA) is 55.6 Å². The summed E-state index contributed by atoms with van der Waals surface area (Å²) in [5, 5.41) is 0. The highest BCUT2D eigenvalue weighted by Crippen LogP contribution is 2.21. The molecular weight excluding hydrogens is 168 g/mol. The molecule has 1 amide bonds. The van der Waals surface area contributed by atoms with Crippen molar-refractivity contribution in [2.75, 3.05) is 33.4 Å². The summed E-state index contributed by atoms with van der Waals surface area (Å²) in [5.41, 5.74) is 5.28. The van der Waals surface area contributed by atoms with Gasteiger partial charge in [0.15, 0.2) is 0 Å². The lowest BCUT2D eigenvalue weighted by Gasteiger charge is -2.13. The maximum atomic E-state index is 11.0. The zero-order valence-corrected chi connectivity index (χ0v) is 8.32. The molecule has 0 aromatic carbocycles. The summed E-state index contributed by atoms with van der Waals surface area (Å²) in [5.74, 6) is 0.235. The first-order chi connectivity index (χ1) is 6.15. The van der Waals surface area contributed by atoms with Crippen LogP contribution in [0.4, 0.5) is 0 Å². The van der Waals surface area contributed by atoms with Crippen molar-refractivity contribution in [3.63, 3.8) is 0 Å². The Morgan fingerprint density at radius 2 is 2.31 bits per heavy atom. The van der Waals surface area contributed by atoms with Gasteiger partial charge in [-0.25, -0.2) is 0 Å². The van der Waals surface area contributed by atoms with Crippen LogP contribution in [0.2, 0.25) is 0 Å². The van der Waals surface area contributed by atoms with Crippen molar-refractivity contribution < 1.29 is 9.53 Å². The van der Waals surface area contributed by atoms with Crippen LogP contribution < -0.4 is 5.73 Å². The molecule has 0 aromatic heterocycles. The Morgan fingerprint density at radius 3 is 2.77 bits per heavy atom. The second-order valence-electron chi connectivity index (χ2n) is 3.74. The van der Waals surface area contributed by atoms with Crippen LogP contribution >= 0.6 is 0 Å². The predicted octanol–water partition coefficient (Wildman–Crippen LogP) is -0.314. The number of nitrogens with zero attached hydrogens (tertiary/aromatic N) is 1. The summed E-state index contributed by atoms with van der Waals surface area (Å²) in [6.07, 6.45) is 0. The second kappa shape index (κ2) is 4.58. The van der Waals surface area contributed by atoms with Crippen LogP contribution in [-0.4, -0.2) is 44.2 Å². The standard InChI is InChI=1S/C9H18N2O2/c1-7-5-11(3-4-13-2)6-8(7)9(10)12/h7-8H,3-6H2,1-2H3,(H2,10,12)/t7-,8-/m0/s1. The fourth-order valence-electron chi connectivity index (χ4n) is 1.84. The zero-order valence-electron chi connectivity index (χ0n) is 8.32. The molecule has 13 heavy (non-hydrogen) atoms. The number of methoxy groups -OCH3 is 1. The molecule has 1 rings (SSSR count). The van der Waals surface area contributed by atoms with Crippen molar-refractivity contribution in [1.82, 2.24) is 4.90 Å². The van der Waals surface area contributed by atoms with Crippen LogP contribution in [0.5, 0.6) is 0 Å². The molecule has 1 fully saturated rings. The molecule has 0 saturated carbocycles. The Hall–Kier alpha value is -0.610. The van der Waals surface area contributed by atoms with Gasteiger partial charge in [-0.15, -0.1) is 0 Å². The van der Waals surface area contributed by atoms with E-state index in [1.807, 2.05) is 0 Å². The molecule has 1 saturated heterocycles. The van der Waals surface area contributed by atoms with Gasteiger partial charge in [-0.1, -0.05) is 6.92 Å². The minimum atomic E-state index is -0.174. The summed E-state index contributed by atoms with van der Waals surface area (Å²) < 4.78 is 4.98. The molecule has 0 bridgehead atoms. The number of nitrogens with two attached hydrogens (primary N) is 1. The summed E-state index contributed by atoms with van der Waals surface area (Å²) in [6, 6.07) is 0. The average molecular weight is 186 g/mol. The van der Waals surface area contributed by atoms with Gasteiger partial charge in [0.1, 0.15) is 0 Å². The van der Waals surface area contributed by atoms with Gasteiger partial charge < -0.3 is 10.5 Å². The molecule has 1 aliphatic rings. The molecule has 0 spiro atoms. The number of hydrogen-bond acceptors (Lipinski definition) is 3. The second-order valence-corrected chi connectivity index (χ2v) is 3.74. The third-order valence-electron chi connectivity index (χ3n) is 2.67. The van der Waals surface area contributed by atoms with E-state index < -0.39 is 0 Å². The maximum absolute atomic E-state index is 11.0. The smallest absolute Gasteiger partial charge is 0.222 e. The fraction of sp³-hybridized carbons (Fsp3) is 0.889. The quantitative estimate of drug-likeness (QED) is 0.655. The van der Waals surface area contributed by atoms with Crippen molar-refractivity contribution in [2.45, 2.75) is 6.92 Å². The van der Waals surface area contributed by atoms with E-state index in [1.165, 1.54) is 0 Å². The molecule has 0 unspecified atom stereocenters. The highest BCUT2D eigenvalue weighted by molar-refractivity contribution is 5.77. The van der Waals surface area contributed by atoms with Crippen LogP contribution in [0.15, 0.2) is 0 Å². The van der Waals surface area contributed by atoms with Crippen LogP contribution in [0.1, 0.15) is 6.92 Å². The predicted molar refractivity (Wildman–Crippen MR) is 50.2 cm³/mol. The van der Waals surface area contributed by atoms with E-state index >= 15 is 0 Å². The minimum absolute atomic E-state index is 0.0249. The number of rotatable bonds is 4.